The van der Waals surface area contributed by atoms with Crippen molar-refractivity contribution in [2.24, 2.45) is 0 Å². The molecule has 1 rings (SSSR count). The largest absolute Gasteiger partial charge is 0.459 e. The number of likely N-dealkylation sites (tertiary alicyclic amines) is 1. The molecule has 0 radical (unpaired) electrons. The highest BCUT2D eigenvalue weighted by Crippen LogP contribution is 2.26. The van der Waals surface area contributed by atoms with E-state index in [0.29, 0.717) is 0 Å². The first-order valence-electron chi connectivity index (χ1n) is 6.28. The summed E-state index contributed by atoms with van der Waals surface area (Å²) in [6.45, 7) is 10.3. The van der Waals surface area contributed by atoms with E-state index in [1.807, 2.05) is 25.7 Å². The summed E-state index contributed by atoms with van der Waals surface area (Å²) >= 11 is 0. The number of hydrogen-bond donors (Lipinski definition) is 1. The molecule has 0 bridgehead atoms. The van der Waals surface area contributed by atoms with E-state index in [1.54, 1.807) is 13.8 Å². The van der Waals surface area contributed by atoms with Gasteiger partial charge in [0.25, 0.3) is 0 Å². The van der Waals surface area contributed by atoms with E-state index in [-0.39, 0.29) is 18.6 Å². The zero-order chi connectivity index (χ0) is 13.3. The van der Waals surface area contributed by atoms with Gasteiger partial charge < -0.3 is 9.84 Å². The Labute approximate surface area is 104 Å². The normalized spacial score (nSPS) is 22.8. The van der Waals surface area contributed by atoms with Crippen LogP contribution < -0.4 is 0 Å². The summed E-state index contributed by atoms with van der Waals surface area (Å²) in [5.74, 6) is -0.214. The average molecular weight is 243 g/mol. The number of hydrogen-bond acceptors (Lipinski definition) is 4. The summed E-state index contributed by atoms with van der Waals surface area (Å²) in [5, 5.41) is 10.0. The molecule has 4 heteroatoms. The lowest BCUT2D eigenvalue weighted by molar-refractivity contribution is -0.157. The van der Waals surface area contributed by atoms with Crippen molar-refractivity contribution in [1.29, 1.82) is 0 Å². The van der Waals surface area contributed by atoms with Gasteiger partial charge >= 0.3 is 5.97 Å². The van der Waals surface area contributed by atoms with Crippen molar-refractivity contribution in [3.63, 3.8) is 0 Å². The standard InChI is InChI=1S/C13H25NO3/c1-12(2,3)17-11(15)9-14-8-6-7-10(14)13(4,5)16/h10,16H,6-9H2,1-5H3. The Kier molecular flexibility index (Phi) is 4.20. The molecule has 0 aromatic heterocycles. The lowest BCUT2D eigenvalue weighted by atomic mass is 9.97. The van der Waals surface area contributed by atoms with Gasteiger partial charge in [0.15, 0.2) is 0 Å². The topological polar surface area (TPSA) is 49.8 Å². The zero-order valence-corrected chi connectivity index (χ0v) is 11.6. The Morgan fingerprint density at radius 3 is 2.41 bits per heavy atom. The maximum atomic E-state index is 11.7. The van der Waals surface area contributed by atoms with Crippen LogP contribution in [0.2, 0.25) is 0 Å². The van der Waals surface area contributed by atoms with E-state index < -0.39 is 11.2 Å². The second kappa shape index (κ2) is 4.94. The van der Waals surface area contributed by atoms with Crippen LogP contribution in [0.25, 0.3) is 0 Å². The minimum atomic E-state index is -0.765. The fourth-order valence-corrected chi connectivity index (χ4v) is 2.36. The lowest BCUT2D eigenvalue weighted by Crippen LogP contribution is -2.48. The number of rotatable bonds is 3. The Bertz CT molecular complexity index is 275. The molecule has 0 aromatic carbocycles. The van der Waals surface area contributed by atoms with Crippen molar-refractivity contribution in [3.8, 4) is 0 Å². The molecule has 0 aliphatic carbocycles. The fraction of sp³-hybridized carbons (Fsp3) is 0.923. The molecule has 1 N–H and O–H groups in total. The molecule has 1 saturated heterocycles. The minimum Gasteiger partial charge on any atom is -0.459 e. The van der Waals surface area contributed by atoms with Crippen LogP contribution in [0.1, 0.15) is 47.5 Å². The minimum absolute atomic E-state index is 0.0509. The second-order valence-electron chi connectivity index (χ2n) is 6.37. The Morgan fingerprint density at radius 2 is 1.94 bits per heavy atom. The summed E-state index contributed by atoms with van der Waals surface area (Å²) in [4.78, 5) is 13.8. The van der Waals surface area contributed by atoms with Crippen molar-refractivity contribution in [2.45, 2.75) is 64.7 Å². The molecule has 1 atom stereocenters. The van der Waals surface area contributed by atoms with Gasteiger partial charge in [-0.05, 0) is 54.0 Å². The van der Waals surface area contributed by atoms with E-state index in [0.717, 1.165) is 19.4 Å². The van der Waals surface area contributed by atoms with Gasteiger partial charge in [-0.1, -0.05) is 0 Å². The second-order valence-corrected chi connectivity index (χ2v) is 6.37. The van der Waals surface area contributed by atoms with Gasteiger partial charge in [0, 0.05) is 6.04 Å². The zero-order valence-electron chi connectivity index (χ0n) is 11.6. The molecule has 1 heterocycles. The predicted molar refractivity (Wildman–Crippen MR) is 66.7 cm³/mol. The number of ether oxygens (including phenoxy) is 1. The van der Waals surface area contributed by atoms with Crippen molar-refractivity contribution >= 4 is 5.97 Å². The van der Waals surface area contributed by atoms with Crippen LogP contribution in [-0.2, 0) is 9.53 Å². The summed E-state index contributed by atoms with van der Waals surface area (Å²) in [6, 6.07) is 0.0509. The van der Waals surface area contributed by atoms with Crippen LogP contribution in [0.5, 0.6) is 0 Å². The highest BCUT2D eigenvalue weighted by Gasteiger charge is 2.37. The van der Waals surface area contributed by atoms with Crippen molar-refractivity contribution in [2.75, 3.05) is 13.1 Å². The summed E-state index contributed by atoms with van der Waals surface area (Å²) in [7, 11) is 0. The maximum absolute atomic E-state index is 11.7. The molecular formula is C13H25NO3. The molecule has 0 spiro atoms. The summed E-state index contributed by atoms with van der Waals surface area (Å²) < 4.78 is 5.30. The van der Waals surface area contributed by atoms with E-state index >= 15 is 0 Å². The van der Waals surface area contributed by atoms with E-state index in [9.17, 15) is 9.90 Å². The van der Waals surface area contributed by atoms with Gasteiger partial charge in [0.05, 0.1) is 12.1 Å². The molecule has 0 saturated carbocycles. The van der Waals surface area contributed by atoms with Gasteiger partial charge in [-0.25, -0.2) is 0 Å². The van der Waals surface area contributed by atoms with Gasteiger partial charge in [-0.15, -0.1) is 0 Å². The first-order valence-corrected chi connectivity index (χ1v) is 6.28. The van der Waals surface area contributed by atoms with Crippen LogP contribution in [0, 0.1) is 0 Å². The summed E-state index contributed by atoms with van der Waals surface area (Å²) in [6.07, 6.45) is 1.96. The van der Waals surface area contributed by atoms with Crippen molar-refractivity contribution < 1.29 is 14.6 Å². The molecule has 1 aliphatic rings. The molecule has 0 amide bonds. The SMILES string of the molecule is CC(C)(C)OC(=O)CN1CCCC1C(C)(C)O. The number of nitrogens with zero attached hydrogens (tertiary/aromatic N) is 1. The molecule has 4 nitrogen and oxygen atoms in total. The van der Waals surface area contributed by atoms with Gasteiger partial charge in [-0.2, -0.15) is 0 Å². The predicted octanol–water partition coefficient (Wildman–Crippen LogP) is 1.56. The Balaban J connectivity index is 2.54. The van der Waals surface area contributed by atoms with E-state index in [2.05, 4.69) is 0 Å². The van der Waals surface area contributed by atoms with Crippen molar-refractivity contribution in [3.05, 3.63) is 0 Å². The number of carbonyl (C=O) groups is 1. The summed E-state index contributed by atoms with van der Waals surface area (Å²) in [5.41, 5.74) is -1.21. The van der Waals surface area contributed by atoms with E-state index in [1.165, 1.54) is 0 Å². The van der Waals surface area contributed by atoms with Crippen LogP contribution in [0.4, 0.5) is 0 Å². The quantitative estimate of drug-likeness (QED) is 0.764. The molecule has 1 fully saturated rings. The third-order valence-electron chi connectivity index (χ3n) is 2.93. The van der Waals surface area contributed by atoms with Crippen molar-refractivity contribution in [1.82, 2.24) is 4.90 Å². The van der Waals surface area contributed by atoms with Gasteiger partial charge in [-0.3, -0.25) is 9.69 Å². The fourth-order valence-electron chi connectivity index (χ4n) is 2.36. The Morgan fingerprint density at radius 1 is 1.35 bits per heavy atom. The smallest absolute Gasteiger partial charge is 0.320 e. The highest BCUT2D eigenvalue weighted by atomic mass is 16.6. The van der Waals surface area contributed by atoms with Crippen LogP contribution in [0.15, 0.2) is 0 Å². The third kappa shape index (κ3) is 4.64. The molecule has 0 aromatic rings. The monoisotopic (exact) mass is 243 g/mol. The van der Waals surface area contributed by atoms with Gasteiger partial charge in [0.2, 0.25) is 0 Å². The number of aliphatic hydroxyl groups is 1. The molecule has 1 aliphatic heterocycles. The molecular weight excluding hydrogens is 218 g/mol. The molecule has 100 valence electrons. The highest BCUT2D eigenvalue weighted by molar-refractivity contribution is 5.72. The van der Waals surface area contributed by atoms with Crippen LogP contribution >= 0.6 is 0 Å². The lowest BCUT2D eigenvalue weighted by Gasteiger charge is -2.33. The van der Waals surface area contributed by atoms with Crippen LogP contribution in [-0.4, -0.2) is 46.3 Å². The molecule has 1 unspecified atom stereocenters. The number of carbonyl (C=O) groups excluding carboxylic acids is 1. The Hall–Kier alpha value is -0.610. The first kappa shape index (κ1) is 14.5. The average Bonchev–Trinajstić information content (AvgIpc) is 2.46. The van der Waals surface area contributed by atoms with Gasteiger partial charge in [0.1, 0.15) is 5.60 Å². The number of esters is 1. The maximum Gasteiger partial charge on any atom is 0.320 e. The third-order valence-corrected chi connectivity index (χ3v) is 2.93. The van der Waals surface area contributed by atoms with E-state index in [4.69, 9.17) is 4.74 Å². The van der Waals surface area contributed by atoms with Crippen LogP contribution in [0.3, 0.4) is 0 Å². The molecule has 17 heavy (non-hydrogen) atoms. The first-order chi connectivity index (χ1) is 7.59.